The number of nitrogens with one attached hydrogen (secondary N) is 2. The van der Waals surface area contributed by atoms with Gasteiger partial charge in [-0.05, 0) is 90.0 Å². The van der Waals surface area contributed by atoms with Crippen LogP contribution in [0.2, 0.25) is 0 Å². The molecule has 1 heterocycles. The molecule has 5 fully saturated rings. The Labute approximate surface area is 192 Å². The summed E-state index contributed by atoms with van der Waals surface area (Å²) in [5.74, 6) is 2.59. The van der Waals surface area contributed by atoms with E-state index in [9.17, 15) is 4.79 Å². The maximum absolute atomic E-state index is 11.7. The topological polar surface area (TPSA) is 78.1 Å². The van der Waals surface area contributed by atoms with Crippen molar-refractivity contribution in [2.45, 2.75) is 109 Å². The molecule has 6 atom stereocenters. The molecule has 7 nitrogen and oxygen atoms in total. The highest BCUT2D eigenvalue weighted by Gasteiger charge is 2.71. The lowest BCUT2D eigenvalue weighted by Gasteiger charge is -2.67. The molecule has 2 spiro atoms. The summed E-state index contributed by atoms with van der Waals surface area (Å²) in [6.45, 7) is 9.53. The van der Waals surface area contributed by atoms with Crippen molar-refractivity contribution >= 4 is 6.09 Å². The zero-order valence-corrected chi connectivity index (χ0v) is 20.3. The van der Waals surface area contributed by atoms with Gasteiger partial charge in [-0.1, -0.05) is 6.92 Å². The van der Waals surface area contributed by atoms with E-state index in [4.69, 9.17) is 19.2 Å². The van der Waals surface area contributed by atoms with E-state index in [1.165, 1.54) is 19.3 Å². The number of ether oxygens (including phenoxy) is 2. The predicted molar refractivity (Wildman–Crippen MR) is 119 cm³/mol. The van der Waals surface area contributed by atoms with E-state index in [2.05, 4.69) is 17.6 Å². The van der Waals surface area contributed by atoms with Gasteiger partial charge in [-0.3, -0.25) is 0 Å². The summed E-state index contributed by atoms with van der Waals surface area (Å²) in [5.41, 5.74) is -0.448. The lowest BCUT2D eigenvalue weighted by atomic mass is 9.40. The van der Waals surface area contributed by atoms with Crippen molar-refractivity contribution in [1.82, 2.24) is 10.6 Å². The molecule has 5 aliphatic rings. The molecule has 0 aromatic carbocycles. The summed E-state index contributed by atoms with van der Waals surface area (Å²) in [5, 5.41) is 6.50. The second-order valence-electron chi connectivity index (χ2n) is 12.1. The number of alkyl carbamates (subject to hydrolysis) is 1. The van der Waals surface area contributed by atoms with Gasteiger partial charge in [0.15, 0.2) is 0 Å². The maximum atomic E-state index is 11.7. The molecule has 0 bridgehead atoms. The van der Waals surface area contributed by atoms with E-state index in [1.807, 2.05) is 20.8 Å². The fourth-order valence-corrected chi connectivity index (χ4v) is 7.05. The summed E-state index contributed by atoms with van der Waals surface area (Å²) >= 11 is 0. The van der Waals surface area contributed by atoms with Gasteiger partial charge >= 0.3 is 6.09 Å². The Morgan fingerprint density at radius 2 is 1.75 bits per heavy atom. The average molecular weight is 451 g/mol. The van der Waals surface area contributed by atoms with Crippen LogP contribution in [0.25, 0.3) is 0 Å². The summed E-state index contributed by atoms with van der Waals surface area (Å²) in [6, 6.07) is 0.496. The fourth-order valence-electron chi connectivity index (χ4n) is 7.05. The van der Waals surface area contributed by atoms with Crippen LogP contribution in [0.4, 0.5) is 4.79 Å². The Bertz CT molecular complexity index is 701. The van der Waals surface area contributed by atoms with Crippen LogP contribution in [0.3, 0.4) is 0 Å². The molecule has 1 saturated heterocycles. The smallest absolute Gasteiger partial charge is 0.407 e. The first-order chi connectivity index (χ1) is 15.2. The van der Waals surface area contributed by atoms with Crippen molar-refractivity contribution in [3.63, 3.8) is 0 Å². The third-order valence-electron chi connectivity index (χ3n) is 8.70. The highest BCUT2D eigenvalue weighted by atomic mass is 17.3. The highest BCUT2D eigenvalue weighted by molar-refractivity contribution is 5.67. The average Bonchev–Trinajstić information content (AvgIpc) is 3.06. The lowest BCUT2D eigenvalue weighted by molar-refractivity contribution is -0.404. The molecular weight excluding hydrogens is 408 g/mol. The summed E-state index contributed by atoms with van der Waals surface area (Å²) < 4.78 is 12.0. The van der Waals surface area contributed by atoms with Gasteiger partial charge < -0.3 is 20.1 Å². The fraction of sp³-hybridized carbons (Fsp3) is 0.960. The van der Waals surface area contributed by atoms with Gasteiger partial charge in [0.2, 0.25) is 11.6 Å². The molecule has 32 heavy (non-hydrogen) atoms. The van der Waals surface area contributed by atoms with E-state index in [-0.39, 0.29) is 6.09 Å². The molecule has 1 aliphatic heterocycles. The number of carbonyl (C=O) groups excluding carboxylic acids is 1. The minimum atomic E-state index is -0.536. The van der Waals surface area contributed by atoms with Gasteiger partial charge in [-0.25, -0.2) is 4.79 Å². The minimum absolute atomic E-state index is 0.336. The van der Waals surface area contributed by atoms with Crippen LogP contribution < -0.4 is 10.6 Å². The van der Waals surface area contributed by atoms with Crippen molar-refractivity contribution < 1.29 is 24.0 Å². The lowest BCUT2D eigenvalue weighted by Crippen LogP contribution is -2.67. The first kappa shape index (κ1) is 22.9. The quantitative estimate of drug-likeness (QED) is 0.458. The molecular formula is C25H42N2O5. The molecule has 6 unspecified atom stereocenters. The van der Waals surface area contributed by atoms with Gasteiger partial charge in [0.1, 0.15) is 5.60 Å². The number of fused-ring (bicyclic) bond motifs is 1. The largest absolute Gasteiger partial charge is 0.444 e. The third kappa shape index (κ3) is 4.19. The third-order valence-corrected chi connectivity index (χ3v) is 8.70. The Balaban J connectivity index is 0.999. The molecule has 0 aromatic heterocycles. The predicted octanol–water partition coefficient (Wildman–Crippen LogP) is 4.51. The minimum Gasteiger partial charge on any atom is -0.444 e. The second kappa shape index (κ2) is 8.40. The van der Waals surface area contributed by atoms with Crippen LogP contribution in [-0.2, 0) is 19.2 Å². The number of hydrogen-bond acceptors (Lipinski definition) is 6. The first-order valence-corrected chi connectivity index (χ1v) is 13.0. The molecule has 4 saturated carbocycles. The van der Waals surface area contributed by atoms with E-state index in [1.54, 1.807) is 0 Å². The molecule has 0 radical (unpaired) electrons. The monoisotopic (exact) mass is 450 g/mol. The Morgan fingerprint density at radius 3 is 2.47 bits per heavy atom. The second-order valence-corrected chi connectivity index (χ2v) is 12.1. The molecule has 1 amide bonds. The van der Waals surface area contributed by atoms with Crippen LogP contribution in [-0.4, -0.2) is 42.4 Å². The van der Waals surface area contributed by atoms with Gasteiger partial charge in [-0.15, -0.1) is 0 Å². The Morgan fingerprint density at radius 1 is 1.03 bits per heavy atom. The van der Waals surface area contributed by atoms with Gasteiger partial charge in [0.05, 0.1) is 0 Å². The molecule has 182 valence electrons. The first-order valence-electron chi connectivity index (χ1n) is 13.0. The number of rotatable bonds is 6. The molecule has 4 aliphatic carbocycles. The highest BCUT2D eigenvalue weighted by Crippen LogP contribution is 2.70. The SMILES string of the molecule is CC1CC2CC3CC(C23)C12OOC1(CCC(NCCCCNC(=O)OC(C)(C)C)CC1)O2. The number of amides is 1. The van der Waals surface area contributed by atoms with Crippen LogP contribution >= 0.6 is 0 Å². The molecule has 2 N–H and O–H groups in total. The van der Waals surface area contributed by atoms with E-state index in [0.29, 0.717) is 24.4 Å². The van der Waals surface area contributed by atoms with E-state index in [0.717, 1.165) is 62.8 Å². The number of hydrogen-bond donors (Lipinski definition) is 2. The summed E-state index contributed by atoms with van der Waals surface area (Å²) in [6.07, 6.45) is 9.42. The molecule has 7 heteroatoms. The summed E-state index contributed by atoms with van der Waals surface area (Å²) in [7, 11) is 0. The maximum Gasteiger partial charge on any atom is 0.407 e. The van der Waals surface area contributed by atoms with Crippen LogP contribution in [0.5, 0.6) is 0 Å². The van der Waals surface area contributed by atoms with Crippen molar-refractivity contribution in [2.75, 3.05) is 13.1 Å². The number of unbranched alkanes of at least 4 members (excludes halogenated alkanes) is 1. The zero-order chi connectivity index (χ0) is 22.6. The number of carbonyl (C=O) groups is 1. The van der Waals surface area contributed by atoms with Crippen molar-refractivity contribution in [3.8, 4) is 0 Å². The van der Waals surface area contributed by atoms with Crippen LogP contribution in [0, 0.1) is 29.6 Å². The summed E-state index contributed by atoms with van der Waals surface area (Å²) in [4.78, 5) is 23.8. The normalized spacial score (nSPS) is 44.6. The van der Waals surface area contributed by atoms with E-state index < -0.39 is 17.2 Å². The van der Waals surface area contributed by atoms with Crippen molar-refractivity contribution in [3.05, 3.63) is 0 Å². The van der Waals surface area contributed by atoms with Crippen LogP contribution in [0.15, 0.2) is 0 Å². The van der Waals surface area contributed by atoms with Crippen molar-refractivity contribution in [2.24, 2.45) is 29.6 Å². The van der Waals surface area contributed by atoms with Gasteiger partial charge in [0, 0.05) is 37.3 Å². The van der Waals surface area contributed by atoms with Crippen molar-refractivity contribution in [1.29, 1.82) is 0 Å². The zero-order valence-electron chi connectivity index (χ0n) is 20.3. The molecule has 5 rings (SSSR count). The van der Waals surface area contributed by atoms with Gasteiger partial charge in [-0.2, -0.15) is 9.78 Å². The van der Waals surface area contributed by atoms with Crippen LogP contribution in [0.1, 0.15) is 85.5 Å². The van der Waals surface area contributed by atoms with E-state index >= 15 is 0 Å². The standard InChI is InChI=1S/C25H42N2O5/c1-16-13-17-14-18-15-20(21(17)18)25(16)30-24(31-32-25)9-7-19(8-10-24)26-11-5-6-12-27-22(28)29-23(2,3)4/h16-21,26H,5-15H2,1-4H3,(H,27,28). The Kier molecular flexibility index (Phi) is 6.01. The molecule has 0 aromatic rings. The van der Waals surface area contributed by atoms with Gasteiger partial charge in [0.25, 0.3) is 0 Å². The Hall–Kier alpha value is -0.890.